The molecule has 0 unspecified atom stereocenters. The van der Waals surface area contributed by atoms with Crippen LogP contribution in [0.5, 0.6) is 5.75 Å². The lowest BCUT2D eigenvalue weighted by Crippen LogP contribution is -2.49. The van der Waals surface area contributed by atoms with E-state index in [0.717, 1.165) is 12.1 Å². The second-order valence-electron chi connectivity index (χ2n) is 4.56. The van der Waals surface area contributed by atoms with Crippen molar-refractivity contribution in [1.29, 1.82) is 0 Å². The molecule has 2 N–H and O–H groups in total. The molecule has 1 saturated heterocycles. The molecule has 0 spiro atoms. The van der Waals surface area contributed by atoms with Crippen LogP contribution in [0.3, 0.4) is 0 Å². The van der Waals surface area contributed by atoms with Crippen molar-refractivity contribution in [2.75, 3.05) is 26.2 Å². The molecule has 0 aromatic heterocycles. The van der Waals surface area contributed by atoms with Gasteiger partial charge in [0.2, 0.25) is 0 Å². The number of aromatic hydroxyl groups is 1. The lowest BCUT2D eigenvalue weighted by atomic mass is 10.0. The lowest BCUT2D eigenvalue weighted by molar-refractivity contribution is -0.188. The summed E-state index contributed by atoms with van der Waals surface area (Å²) >= 11 is 2.87. The van der Waals surface area contributed by atoms with Crippen molar-refractivity contribution < 1.29 is 22.7 Å². The maximum atomic E-state index is 13.4. The average molecular weight is 430 g/mol. The molecule has 0 bridgehead atoms. The molecular weight excluding hydrogens is 415 g/mol. The molecule has 0 amide bonds. The van der Waals surface area contributed by atoms with Crippen molar-refractivity contribution >= 4 is 40.7 Å². The summed E-state index contributed by atoms with van der Waals surface area (Å²) in [6.45, 7) is 1.20. The van der Waals surface area contributed by atoms with Crippen LogP contribution in [0.4, 0.5) is 17.6 Å². The van der Waals surface area contributed by atoms with Gasteiger partial charge in [0.25, 0.3) is 0 Å². The van der Waals surface area contributed by atoms with Crippen LogP contribution in [0, 0.1) is 5.82 Å². The van der Waals surface area contributed by atoms with Gasteiger partial charge in [-0.15, -0.1) is 24.8 Å². The molecule has 0 radical (unpaired) electrons. The standard InChI is InChI=1S/C12H13BrF4N2O.2ClH/c13-9-6-7(14)5-8(10(9)20)11(12(15,16)17)19-3-1-18-2-4-19;;/h5-6,11,18,20H,1-4H2;2*1H/t11-;;/m0../s1. The van der Waals surface area contributed by atoms with Crippen molar-refractivity contribution in [3.63, 3.8) is 0 Å². The number of hydrogen-bond donors (Lipinski definition) is 2. The van der Waals surface area contributed by atoms with Crippen LogP contribution in [0.1, 0.15) is 11.6 Å². The van der Waals surface area contributed by atoms with E-state index in [2.05, 4.69) is 21.2 Å². The molecule has 1 heterocycles. The van der Waals surface area contributed by atoms with E-state index in [-0.39, 0.29) is 42.4 Å². The molecule has 22 heavy (non-hydrogen) atoms. The molecular formula is C12H15BrCl2F4N2O. The highest BCUT2D eigenvalue weighted by molar-refractivity contribution is 9.10. The van der Waals surface area contributed by atoms with E-state index >= 15 is 0 Å². The first-order valence-electron chi connectivity index (χ1n) is 6.00. The summed E-state index contributed by atoms with van der Waals surface area (Å²) in [4.78, 5) is 1.19. The van der Waals surface area contributed by atoms with Crippen molar-refractivity contribution in [3.05, 3.63) is 28.0 Å². The Balaban J connectivity index is 0.00000220. The molecule has 1 aromatic rings. The molecule has 0 saturated carbocycles. The SMILES string of the molecule is Cl.Cl.Oc1c(Br)cc(F)cc1[C@H](N1CCNCC1)C(F)(F)F. The number of phenolic OH excluding ortho intramolecular Hbond substituents is 1. The summed E-state index contributed by atoms with van der Waals surface area (Å²) in [5, 5.41) is 12.8. The number of nitrogens with zero attached hydrogens (tertiary/aromatic N) is 1. The molecule has 0 aliphatic carbocycles. The second kappa shape index (κ2) is 8.54. The fourth-order valence-corrected chi connectivity index (χ4v) is 2.76. The number of halogens is 7. The van der Waals surface area contributed by atoms with E-state index in [1.54, 1.807) is 0 Å². The number of benzene rings is 1. The third kappa shape index (κ3) is 4.86. The fraction of sp³-hybridized carbons (Fsp3) is 0.500. The topological polar surface area (TPSA) is 35.5 Å². The minimum Gasteiger partial charge on any atom is -0.506 e. The van der Waals surface area contributed by atoms with E-state index < -0.39 is 29.3 Å². The van der Waals surface area contributed by atoms with E-state index in [1.165, 1.54) is 4.90 Å². The van der Waals surface area contributed by atoms with Crippen molar-refractivity contribution in [3.8, 4) is 5.75 Å². The predicted molar refractivity (Wildman–Crippen MR) is 83.5 cm³/mol. The molecule has 1 aliphatic rings. The molecule has 2 rings (SSSR count). The normalized spacial score (nSPS) is 17.3. The van der Waals surface area contributed by atoms with E-state index in [4.69, 9.17) is 0 Å². The third-order valence-electron chi connectivity index (χ3n) is 3.18. The van der Waals surface area contributed by atoms with Gasteiger partial charge in [-0.25, -0.2) is 4.39 Å². The predicted octanol–water partition coefficient (Wildman–Crippen LogP) is 3.65. The number of alkyl halides is 3. The zero-order chi connectivity index (χ0) is 14.9. The van der Waals surface area contributed by atoms with Crippen LogP contribution in [-0.2, 0) is 0 Å². The average Bonchev–Trinajstić information content (AvgIpc) is 2.35. The van der Waals surface area contributed by atoms with Crippen molar-refractivity contribution in [2.24, 2.45) is 0 Å². The van der Waals surface area contributed by atoms with Crippen LogP contribution in [-0.4, -0.2) is 42.4 Å². The van der Waals surface area contributed by atoms with Gasteiger partial charge < -0.3 is 10.4 Å². The van der Waals surface area contributed by atoms with Gasteiger partial charge in [0.05, 0.1) is 4.47 Å². The fourth-order valence-electron chi connectivity index (χ4n) is 2.31. The summed E-state index contributed by atoms with van der Waals surface area (Å²) < 4.78 is 53.3. The highest BCUT2D eigenvalue weighted by atomic mass is 79.9. The third-order valence-corrected chi connectivity index (χ3v) is 3.78. The zero-order valence-corrected chi connectivity index (χ0v) is 14.4. The van der Waals surface area contributed by atoms with E-state index in [0.29, 0.717) is 13.1 Å². The second-order valence-corrected chi connectivity index (χ2v) is 5.41. The van der Waals surface area contributed by atoms with Gasteiger partial charge in [-0.05, 0) is 28.1 Å². The minimum atomic E-state index is -4.60. The Kier molecular flexibility index (Phi) is 8.43. The molecule has 10 heteroatoms. The van der Waals surface area contributed by atoms with Gasteiger partial charge in [-0.1, -0.05) is 0 Å². The number of nitrogens with one attached hydrogen (secondary N) is 1. The smallest absolute Gasteiger partial charge is 0.408 e. The quantitative estimate of drug-likeness (QED) is 0.704. The highest BCUT2D eigenvalue weighted by Crippen LogP contribution is 2.43. The summed E-state index contributed by atoms with van der Waals surface area (Å²) in [6, 6.07) is -0.346. The van der Waals surface area contributed by atoms with Gasteiger partial charge in [0.1, 0.15) is 17.6 Å². The first-order chi connectivity index (χ1) is 9.30. The Morgan fingerprint density at radius 1 is 1.18 bits per heavy atom. The first-order valence-corrected chi connectivity index (χ1v) is 6.79. The number of rotatable bonds is 2. The molecule has 1 fully saturated rings. The minimum absolute atomic E-state index is 0. The molecule has 1 atom stereocenters. The van der Waals surface area contributed by atoms with Crippen molar-refractivity contribution in [2.45, 2.75) is 12.2 Å². The maximum absolute atomic E-state index is 13.4. The summed E-state index contributed by atoms with van der Waals surface area (Å²) in [7, 11) is 0. The first kappa shape index (κ1) is 21.7. The summed E-state index contributed by atoms with van der Waals surface area (Å²) in [6.07, 6.45) is -4.60. The Bertz CT molecular complexity index is 499. The van der Waals surface area contributed by atoms with Crippen LogP contribution in [0.25, 0.3) is 0 Å². The molecule has 1 aromatic carbocycles. The number of phenols is 1. The van der Waals surface area contributed by atoms with Crippen LogP contribution in [0.15, 0.2) is 16.6 Å². The van der Waals surface area contributed by atoms with Gasteiger partial charge in [0, 0.05) is 31.7 Å². The molecule has 128 valence electrons. The van der Waals surface area contributed by atoms with Crippen molar-refractivity contribution in [1.82, 2.24) is 10.2 Å². The Morgan fingerprint density at radius 3 is 2.23 bits per heavy atom. The van der Waals surface area contributed by atoms with E-state index in [1.807, 2.05) is 0 Å². The molecule has 1 aliphatic heterocycles. The number of piperazine rings is 1. The van der Waals surface area contributed by atoms with Gasteiger partial charge in [-0.2, -0.15) is 13.2 Å². The van der Waals surface area contributed by atoms with Gasteiger partial charge >= 0.3 is 6.18 Å². The van der Waals surface area contributed by atoms with Crippen LogP contribution in [0.2, 0.25) is 0 Å². The Morgan fingerprint density at radius 2 is 1.73 bits per heavy atom. The zero-order valence-electron chi connectivity index (χ0n) is 11.2. The summed E-state index contributed by atoms with van der Waals surface area (Å²) in [5.41, 5.74) is -0.466. The Labute approximate surface area is 146 Å². The van der Waals surface area contributed by atoms with Gasteiger partial charge in [0.15, 0.2) is 0 Å². The summed E-state index contributed by atoms with van der Waals surface area (Å²) in [5.74, 6) is -1.40. The highest BCUT2D eigenvalue weighted by Gasteiger charge is 2.46. The lowest BCUT2D eigenvalue weighted by Gasteiger charge is -2.36. The van der Waals surface area contributed by atoms with E-state index in [9.17, 15) is 22.7 Å². The maximum Gasteiger partial charge on any atom is 0.408 e. The van der Waals surface area contributed by atoms with Crippen LogP contribution < -0.4 is 5.32 Å². The molecule has 3 nitrogen and oxygen atoms in total. The number of hydrogen-bond acceptors (Lipinski definition) is 3. The monoisotopic (exact) mass is 428 g/mol. The van der Waals surface area contributed by atoms with Gasteiger partial charge in [-0.3, -0.25) is 4.90 Å². The largest absolute Gasteiger partial charge is 0.506 e. The Hall–Kier alpha value is -0.280. The van der Waals surface area contributed by atoms with Crippen LogP contribution >= 0.6 is 40.7 Å².